The van der Waals surface area contributed by atoms with Gasteiger partial charge < -0.3 is 9.84 Å². The number of ether oxygens (including phenoxy) is 1. The number of hydrogen-bond acceptors (Lipinski definition) is 4. The molecule has 0 aliphatic rings. The predicted molar refractivity (Wildman–Crippen MR) is 68.6 cm³/mol. The fraction of sp³-hybridized carbons (Fsp3) is 0.462. The molecule has 0 radical (unpaired) electrons. The molecule has 0 saturated carbocycles. The summed E-state index contributed by atoms with van der Waals surface area (Å²) < 4.78 is 5.16. The summed E-state index contributed by atoms with van der Waals surface area (Å²) >= 11 is 0. The summed E-state index contributed by atoms with van der Waals surface area (Å²) in [6, 6.07) is 2.10. The fourth-order valence-electron chi connectivity index (χ4n) is 1.51. The van der Waals surface area contributed by atoms with Gasteiger partial charge in [-0.25, -0.2) is 9.59 Å². The smallest absolute Gasteiger partial charge is 0.411 e. The Morgan fingerprint density at radius 2 is 2.05 bits per heavy atom. The average molecular weight is 266 g/mol. The van der Waals surface area contributed by atoms with E-state index in [0.29, 0.717) is 5.56 Å². The molecule has 1 heterocycles. The summed E-state index contributed by atoms with van der Waals surface area (Å²) in [4.78, 5) is 28.1. The zero-order valence-electron chi connectivity index (χ0n) is 11.5. The Morgan fingerprint density at radius 3 is 2.47 bits per heavy atom. The molecule has 19 heavy (non-hydrogen) atoms. The minimum absolute atomic E-state index is 0.420. The van der Waals surface area contributed by atoms with Crippen molar-refractivity contribution >= 4 is 12.1 Å². The third-order valence-corrected chi connectivity index (χ3v) is 2.30. The summed E-state index contributed by atoms with van der Waals surface area (Å²) in [7, 11) is 1.39. The van der Waals surface area contributed by atoms with E-state index >= 15 is 0 Å². The van der Waals surface area contributed by atoms with Crippen molar-refractivity contribution in [2.24, 2.45) is 0 Å². The molecule has 1 unspecified atom stereocenters. The van der Waals surface area contributed by atoms with E-state index in [4.69, 9.17) is 4.74 Å². The van der Waals surface area contributed by atoms with Gasteiger partial charge in [0, 0.05) is 25.0 Å². The minimum atomic E-state index is -1.14. The van der Waals surface area contributed by atoms with Gasteiger partial charge >= 0.3 is 12.1 Å². The molecule has 1 amide bonds. The van der Waals surface area contributed by atoms with E-state index in [1.807, 2.05) is 0 Å². The van der Waals surface area contributed by atoms with E-state index in [1.54, 1.807) is 32.9 Å². The number of rotatable bonds is 3. The molecule has 1 N–H and O–H groups in total. The van der Waals surface area contributed by atoms with Gasteiger partial charge in [-0.05, 0) is 26.8 Å². The molecule has 6 heteroatoms. The van der Waals surface area contributed by atoms with Crippen LogP contribution in [-0.4, -0.2) is 39.7 Å². The monoisotopic (exact) mass is 266 g/mol. The summed E-state index contributed by atoms with van der Waals surface area (Å²) in [5, 5.41) is 9.27. The van der Waals surface area contributed by atoms with Gasteiger partial charge in [-0.3, -0.25) is 9.88 Å². The quantitative estimate of drug-likeness (QED) is 0.906. The number of carbonyl (C=O) groups excluding carboxylic acids is 1. The lowest BCUT2D eigenvalue weighted by atomic mass is 10.1. The SMILES string of the molecule is CN(C(=O)OC(C)(C)C)C(C(=O)O)c1cccnc1. The first-order valence-corrected chi connectivity index (χ1v) is 5.81. The van der Waals surface area contributed by atoms with Crippen LogP contribution in [0.5, 0.6) is 0 Å². The Balaban J connectivity index is 2.95. The molecule has 0 aliphatic carbocycles. The molecular formula is C13H18N2O4. The predicted octanol–water partition coefficient (Wildman–Crippen LogP) is 2.07. The Bertz CT molecular complexity index is 453. The van der Waals surface area contributed by atoms with Crippen LogP contribution in [-0.2, 0) is 9.53 Å². The van der Waals surface area contributed by atoms with Crippen molar-refractivity contribution < 1.29 is 19.4 Å². The number of carbonyl (C=O) groups is 2. The van der Waals surface area contributed by atoms with Gasteiger partial charge in [0.25, 0.3) is 0 Å². The first kappa shape index (κ1) is 14.9. The second-order valence-corrected chi connectivity index (χ2v) is 5.12. The Morgan fingerprint density at radius 1 is 1.42 bits per heavy atom. The van der Waals surface area contributed by atoms with Crippen molar-refractivity contribution in [3.05, 3.63) is 30.1 Å². The normalized spacial score (nSPS) is 12.6. The summed E-state index contributed by atoms with van der Waals surface area (Å²) in [5.41, 5.74) is -0.257. The molecular weight excluding hydrogens is 248 g/mol. The van der Waals surface area contributed by atoms with E-state index in [1.165, 1.54) is 19.4 Å². The van der Waals surface area contributed by atoms with Crippen molar-refractivity contribution in [1.82, 2.24) is 9.88 Å². The molecule has 0 saturated heterocycles. The van der Waals surface area contributed by atoms with E-state index in [0.717, 1.165) is 4.90 Å². The average Bonchev–Trinajstić information content (AvgIpc) is 2.27. The highest BCUT2D eigenvalue weighted by Gasteiger charge is 2.31. The van der Waals surface area contributed by atoms with Gasteiger partial charge in [-0.2, -0.15) is 0 Å². The van der Waals surface area contributed by atoms with E-state index in [-0.39, 0.29) is 0 Å². The highest BCUT2D eigenvalue weighted by Crippen LogP contribution is 2.21. The zero-order valence-corrected chi connectivity index (χ0v) is 11.5. The maximum Gasteiger partial charge on any atom is 0.411 e. The molecule has 1 aromatic rings. The van der Waals surface area contributed by atoms with Gasteiger partial charge in [0.15, 0.2) is 6.04 Å². The summed E-state index contributed by atoms with van der Waals surface area (Å²) in [6.07, 6.45) is 2.26. The van der Waals surface area contributed by atoms with Crippen LogP contribution in [0, 0.1) is 0 Å². The van der Waals surface area contributed by atoms with E-state index < -0.39 is 23.7 Å². The highest BCUT2D eigenvalue weighted by atomic mass is 16.6. The molecule has 0 bridgehead atoms. The van der Waals surface area contributed by atoms with Crippen molar-refractivity contribution in [3.63, 3.8) is 0 Å². The van der Waals surface area contributed by atoms with Crippen molar-refractivity contribution in [3.8, 4) is 0 Å². The minimum Gasteiger partial charge on any atom is -0.479 e. The van der Waals surface area contributed by atoms with Crippen LogP contribution in [0.25, 0.3) is 0 Å². The molecule has 1 atom stereocenters. The first-order chi connectivity index (χ1) is 8.72. The van der Waals surface area contributed by atoms with Gasteiger partial charge in [0.1, 0.15) is 5.60 Å². The Hall–Kier alpha value is -2.11. The number of aliphatic carboxylic acids is 1. The second-order valence-electron chi connectivity index (χ2n) is 5.12. The number of nitrogens with zero attached hydrogens (tertiary/aromatic N) is 2. The number of carboxylic acid groups (broad SMARTS) is 1. The molecule has 0 fully saturated rings. The third-order valence-electron chi connectivity index (χ3n) is 2.30. The molecule has 6 nitrogen and oxygen atoms in total. The van der Waals surface area contributed by atoms with Crippen LogP contribution in [0.4, 0.5) is 4.79 Å². The topological polar surface area (TPSA) is 79.7 Å². The molecule has 0 aliphatic heterocycles. The number of hydrogen-bond donors (Lipinski definition) is 1. The molecule has 0 spiro atoms. The van der Waals surface area contributed by atoms with E-state index in [2.05, 4.69) is 4.98 Å². The number of pyridine rings is 1. The van der Waals surface area contributed by atoms with Crippen LogP contribution in [0.1, 0.15) is 32.4 Å². The van der Waals surface area contributed by atoms with Gasteiger partial charge in [-0.1, -0.05) is 6.07 Å². The van der Waals surface area contributed by atoms with Crippen molar-refractivity contribution in [1.29, 1.82) is 0 Å². The molecule has 0 aromatic carbocycles. The van der Waals surface area contributed by atoms with Crippen LogP contribution < -0.4 is 0 Å². The standard InChI is InChI=1S/C13H18N2O4/c1-13(2,3)19-12(18)15(4)10(11(16)17)9-6-5-7-14-8-9/h5-8,10H,1-4H3,(H,16,17). The molecule has 104 valence electrons. The largest absolute Gasteiger partial charge is 0.479 e. The lowest BCUT2D eigenvalue weighted by molar-refractivity contribution is -0.142. The van der Waals surface area contributed by atoms with Gasteiger partial charge in [0.2, 0.25) is 0 Å². The lowest BCUT2D eigenvalue weighted by Gasteiger charge is -2.28. The maximum atomic E-state index is 11.9. The van der Waals surface area contributed by atoms with Crippen LogP contribution in [0.2, 0.25) is 0 Å². The Kier molecular flexibility index (Phi) is 4.47. The highest BCUT2D eigenvalue weighted by molar-refractivity contribution is 5.81. The summed E-state index contributed by atoms with van der Waals surface area (Å²) in [6.45, 7) is 5.16. The molecule has 1 rings (SSSR count). The van der Waals surface area contributed by atoms with Crippen LogP contribution >= 0.6 is 0 Å². The lowest BCUT2D eigenvalue weighted by Crippen LogP contribution is -2.39. The zero-order chi connectivity index (χ0) is 14.6. The first-order valence-electron chi connectivity index (χ1n) is 5.81. The second kappa shape index (κ2) is 5.69. The third kappa shape index (κ3) is 4.24. The number of aromatic nitrogens is 1. The van der Waals surface area contributed by atoms with Crippen LogP contribution in [0.3, 0.4) is 0 Å². The fourth-order valence-corrected chi connectivity index (χ4v) is 1.51. The van der Waals surface area contributed by atoms with Gasteiger partial charge in [0.05, 0.1) is 0 Å². The number of likely N-dealkylation sites (N-methyl/N-ethyl adjacent to an activating group) is 1. The Labute approximate surface area is 112 Å². The van der Waals surface area contributed by atoms with Crippen molar-refractivity contribution in [2.75, 3.05) is 7.05 Å². The number of amides is 1. The van der Waals surface area contributed by atoms with Crippen LogP contribution in [0.15, 0.2) is 24.5 Å². The number of carboxylic acids is 1. The molecule has 1 aromatic heterocycles. The van der Waals surface area contributed by atoms with E-state index in [9.17, 15) is 14.7 Å². The maximum absolute atomic E-state index is 11.9. The van der Waals surface area contributed by atoms with Gasteiger partial charge in [-0.15, -0.1) is 0 Å². The van der Waals surface area contributed by atoms with Crippen molar-refractivity contribution in [2.45, 2.75) is 32.4 Å². The summed E-state index contributed by atoms with van der Waals surface area (Å²) in [5.74, 6) is -1.14.